The van der Waals surface area contributed by atoms with Gasteiger partial charge in [-0.15, -0.1) is 0 Å². The molecule has 0 aliphatic carbocycles. The van der Waals surface area contributed by atoms with Crippen molar-refractivity contribution in [1.29, 1.82) is 5.26 Å². The number of aryl methyl sites for hydroxylation is 2. The molecule has 3 aromatic heterocycles. The van der Waals surface area contributed by atoms with E-state index in [1.165, 1.54) is 12.4 Å². The first kappa shape index (κ1) is 21.4. The van der Waals surface area contributed by atoms with Crippen molar-refractivity contribution in [2.24, 2.45) is 0 Å². The number of nitrogens with one attached hydrogen (secondary N) is 1. The van der Waals surface area contributed by atoms with Crippen LogP contribution in [0.2, 0.25) is 5.02 Å². The lowest BCUT2D eigenvalue weighted by Crippen LogP contribution is -2.07. The fourth-order valence-electron chi connectivity index (χ4n) is 3.30. The van der Waals surface area contributed by atoms with E-state index in [1.807, 2.05) is 13.8 Å². The Balaban J connectivity index is 1.69. The lowest BCUT2D eigenvalue weighted by molar-refractivity contribution is 0.142. The van der Waals surface area contributed by atoms with Crippen LogP contribution in [0.1, 0.15) is 34.8 Å². The van der Waals surface area contributed by atoms with E-state index in [-0.39, 0.29) is 16.5 Å². The SMILES string of the molecule is Cc1nn(-c2cc(Nc3c(C)nn(-c4ccc(C#N)cc4)c3C)ncn2)c(C(F)F)c1Cl. The maximum atomic E-state index is 13.5. The highest BCUT2D eigenvalue weighted by molar-refractivity contribution is 6.31. The molecule has 0 saturated heterocycles. The number of hydrogen-bond acceptors (Lipinski definition) is 6. The monoisotopic (exact) mass is 454 g/mol. The van der Waals surface area contributed by atoms with Crippen molar-refractivity contribution >= 4 is 23.1 Å². The Morgan fingerprint density at radius 3 is 2.38 bits per heavy atom. The number of aromatic nitrogens is 6. The molecule has 0 atom stereocenters. The van der Waals surface area contributed by atoms with Crippen LogP contribution in [0.25, 0.3) is 11.5 Å². The van der Waals surface area contributed by atoms with E-state index in [0.717, 1.165) is 16.1 Å². The largest absolute Gasteiger partial charge is 0.337 e. The number of alkyl halides is 2. The number of hydrogen-bond donors (Lipinski definition) is 1. The summed E-state index contributed by atoms with van der Waals surface area (Å²) in [7, 11) is 0. The van der Waals surface area contributed by atoms with E-state index < -0.39 is 12.1 Å². The summed E-state index contributed by atoms with van der Waals surface area (Å²) in [6, 6.07) is 10.6. The minimum absolute atomic E-state index is 0.0940. The van der Waals surface area contributed by atoms with Gasteiger partial charge in [-0.1, -0.05) is 11.6 Å². The highest BCUT2D eigenvalue weighted by Gasteiger charge is 2.24. The molecule has 0 saturated carbocycles. The van der Waals surface area contributed by atoms with E-state index in [0.29, 0.717) is 22.8 Å². The number of halogens is 3. The van der Waals surface area contributed by atoms with Gasteiger partial charge in [0.2, 0.25) is 0 Å². The normalized spacial score (nSPS) is 11.1. The van der Waals surface area contributed by atoms with Gasteiger partial charge in [0.15, 0.2) is 5.82 Å². The molecule has 0 aliphatic rings. The standard InChI is InChI=1S/C21H17ClF2N8/c1-11-18(22)20(21(23)24)32(29-11)17-8-16(26-10-27-17)28-19-12(2)30-31(13(19)3)15-6-4-14(9-25)5-7-15/h4-8,10,21H,1-3H3,(H,26,27,28). The van der Waals surface area contributed by atoms with Crippen LogP contribution in [-0.2, 0) is 0 Å². The van der Waals surface area contributed by atoms with Crippen LogP contribution in [0.15, 0.2) is 36.7 Å². The van der Waals surface area contributed by atoms with E-state index >= 15 is 0 Å². The van der Waals surface area contributed by atoms with Crippen LogP contribution in [0, 0.1) is 32.1 Å². The Morgan fingerprint density at radius 1 is 1.03 bits per heavy atom. The van der Waals surface area contributed by atoms with E-state index in [1.54, 1.807) is 35.9 Å². The molecular weight excluding hydrogens is 438 g/mol. The highest BCUT2D eigenvalue weighted by Crippen LogP contribution is 2.32. The van der Waals surface area contributed by atoms with Crippen LogP contribution in [0.5, 0.6) is 0 Å². The molecule has 0 fully saturated rings. The van der Waals surface area contributed by atoms with Gasteiger partial charge in [0.1, 0.15) is 17.8 Å². The van der Waals surface area contributed by atoms with Gasteiger partial charge in [-0.25, -0.2) is 28.1 Å². The number of nitrogens with zero attached hydrogens (tertiary/aromatic N) is 7. The van der Waals surface area contributed by atoms with Crippen molar-refractivity contribution in [2.75, 3.05) is 5.32 Å². The van der Waals surface area contributed by atoms with Crippen LogP contribution >= 0.6 is 11.6 Å². The molecule has 4 aromatic rings. The highest BCUT2D eigenvalue weighted by atomic mass is 35.5. The molecule has 0 aliphatic heterocycles. The fraction of sp³-hybridized carbons (Fsp3) is 0.190. The van der Waals surface area contributed by atoms with Gasteiger partial charge in [-0.05, 0) is 45.0 Å². The summed E-state index contributed by atoms with van der Waals surface area (Å²) < 4.78 is 29.8. The quantitative estimate of drug-likeness (QED) is 0.456. The van der Waals surface area contributed by atoms with Crippen molar-refractivity contribution in [2.45, 2.75) is 27.2 Å². The molecule has 32 heavy (non-hydrogen) atoms. The summed E-state index contributed by atoms with van der Waals surface area (Å²) in [6.07, 6.45) is -1.56. The van der Waals surface area contributed by atoms with E-state index in [2.05, 4.69) is 31.6 Å². The molecular formula is C21H17ClF2N8. The summed E-state index contributed by atoms with van der Waals surface area (Å²) in [5.41, 5.74) is 3.43. The van der Waals surface area contributed by atoms with Crippen LogP contribution in [0.4, 0.5) is 20.3 Å². The molecule has 1 N–H and O–H groups in total. The van der Waals surface area contributed by atoms with Crippen molar-refractivity contribution in [1.82, 2.24) is 29.5 Å². The van der Waals surface area contributed by atoms with Crippen molar-refractivity contribution in [3.05, 3.63) is 70.0 Å². The van der Waals surface area contributed by atoms with Crippen molar-refractivity contribution in [3.63, 3.8) is 0 Å². The summed E-state index contributed by atoms with van der Waals surface area (Å²) in [5, 5.41) is 20.7. The predicted molar refractivity (Wildman–Crippen MR) is 115 cm³/mol. The van der Waals surface area contributed by atoms with Gasteiger partial charge in [0.05, 0.1) is 45.1 Å². The summed E-state index contributed by atoms with van der Waals surface area (Å²) in [5.74, 6) is 0.535. The average Bonchev–Trinajstić information content (AvgIpc) is 3.24. The third-order valence-electron chi connectivity index (χ3n) is 4.88. The minimum atomic E-state index is -2.81. The number of benzene rings is 1. The number of rotatable bonds is 5. The van der Waals surface area contributed by atoms with Gasteiger partial charge in [-0.3, -0.25) is 0 Å². The van der Waals surface area contributed by atoms with Crippen molar-refractivity contribution < 1.29 is 8.78 Å². The topological polar surface area (TPSA) is 97.2 Å². The second-order valence-electron chi connectivity index (χ2n) is 7.00. The zero-order valence-corrected chi connectivity index (χ0v) is 18.1. The predicted octanol–water partition coefficient (Wildman–Crippen LogP) is 4.98. The lowest BCUT2D eigenvalue weighted by Gasteiger charge is -2.10. The number of anilines is 2. The van der Waals surface area contributed by atoms with Crippen molar-refractivity contribution in [3.8, 4) is 17.6 Å². The first-order chi connectivity index (χ1) is 15.3. The van der Waals surface area contributed by atoms with Gasteiger partial charge in [0.25, 0.3) is 6.43 Å². The Labute approximate surface area is 187 Å². The maximum Gasteiger partial charge on any atom is 0.282 e. The number of nitriles is 1. The third kappa shape index (κ3) is 3.78. The Kier molecular flexibility index (Phi) is 5.59. The smallest absolute Gasteiger partial charge is 0.282 e. The zero-order chi connectivity index (χ0) is 23.0. The van der Waals surface area contributed by atoms with Crippen LogP contribution < -0.4 is 5.32 Å². The lowest BCUT2D eigenvalue weighted by atomic mass is 10.2. The summed E-state index contributed by atoms with van der Waals surface area (Å²) in [4.78, 5) is 8.27. The Morgan fingerprint density at radius 2 is 1.72 bits per heavy atom. The molecule has 0 radical (unpaired) electrons. The second-order valence-corrected chi connectivity index (χ2v) is 7.38. The fourth-order valence-corrected chi connectivity index (χ4v) is 3.50. The Hall–Kier alpha value is -3.84. The van der Waals surface area contributed by atoms with Gasteiger partial charge >= 0.3 is 0 Å². The summed E-state index contributed by atoms with van der Waals surface area (Å²) >= 11 is 6.00. The van der Waals surface area contributed by atoms with Gasteiger partial charge < -0.3 is 5.32 Å². The molecule has 0 bridgehead atoms. The Bertz CT molecular complexity index is 1340. The third-order valence-corrected chi connectivity index (χ3v) is 5.35. The molecule has 162 valence electrons. The molecule has 8 nitrogen and oxygen atoms in total. The molecule has 4 rings (SSSR count). The average molecular weight is 455 g/mol. The summed E-state index contributed by atoms with van der Waals surface area (Å²) in [6.45, 7) is 5.27. The molecule has 0 amide bonds. The van der Waals surface area contributed by atoms with Crippen LogP contribution in [-0.4, -0.2) is 29.5 Å². The molecule has 0 unspecified atom stereocenters. The van der Waals surface area contributed by atoms with E-state index in [4.69, 9.17) is 16.9 Å². The van der Waals surface area contributed by atoms with Gasteiger partial charge in [-0.2, -0.15) is 15.5 Å². The van der Waals surface area contributed by atoms with E-state index in [9.17, 15) is 8.78 Å². The first-order valence-electron chi connectivity index (χ1n) is 9.49. The minimum Gasteiger partial charge on any atom is -0.337 e. The molecule has 0 spiro atoms. The zero-order valence-electron chi connectivity index (χ0n) is 17.3. The van der Waals surface area contributed by atoms with Crippen LogP contribution in [0.3, 0.4) is 0 Å². The maximum absolute atomic E-state index is 13.5. The molecule has 3 heterocycles. The molecule has 1 aromatic carbocycles. The molecule has 11 heteroatoms. The second kappa shape index (κ2) is 8.36. The van der Waals surface area contributed by atoms with Gasteiger partial charge in [0, 0.05) is 6.07 Å². The first-order valence-corrected chi connectivity index (χ1v) is 9.87.